The molecule has 1 aromatic heterocycles. The van der Waals surface area contributed by atoms with Crippen LogP contribution in [0.2, 0.25) is 8.67 Å². The Morgan fingerprint density at radius 1 is 1.32 bits per heavy atom. The first-order valence-electron chi connectivity index (χ1n) is 8.63. The minimum Gasteiger partial charge on any atom is -0.343 e. The first-order valence-corrected chi connectivity index (χ1v) is 10.2. The van der Waals surface area contributed by atoms with Crippen LogP contribution in [0.4, 0.5) is 0 Å². The Hall–Kier alpha value is -1.07. The van der Waals surface area contributed by atoms with Crippen molar-refractivity contribution in [2.75, 3.05) is 6.54 Å². The lowest BCUT2D eigenvalue weighted by Gasteiger charge is -2.41. The molecule has 2 heterocycles. The molecule has 0 radical (unpaired) electrons. The van der Waals surface area contributed by atoms with Crippen LogP contribution in [0.25, 0.3) is 0 Å². The van der Waals surface area contributed by atoms with Crippen molar-refractivity contribution in [2.24, 2.45) is 5.92 Å². The smallest absolute Gasteiger partial charge is 0.254 e. The van der Waals surface area contributed by atoms with Gasteiger partial charge in [-0.3, -0.25) is 4.79 Å². The molecule has 25 heavy (non-hydrogen) atoms. The summed E-state index contributed by atoms with van der Waals surface area (Å²) in [5, 5.41) is 6.99. The summed E-state index contributed by atoms with van der Waals surface area (Å²) in [5.41, 5.74) is 1.51. The van der Waals surface area contributed by atoms with E-state index in [-0.39, 0.29) is 17.5 Å². The maximum absolute atomic E-state index is 12.9. The number of carbonyl (C=O) groups excluding carboxylic acids is 1. The van der Waals surface area contributed by atoms with E-state index in [4.69, 9.17) is 23.2 Å². The van der Waals surface area contributed by atoms with Gasteiger partial charge in [-0.15, -0.1) is 11.3 Å². The highest BCUT2D eigenvalue weighted by molar-refractivity contribution is 7.20. The Morgan fingerprint density at radius 3 is 2.84 bits per heavy atom. The number of benzene rings is 1. The van der Waals surface area contributed by atoms with E-state index in [0.717, 1.165) is 24.9 Å². The number of hydrogen-bond donors (Lipinski definition) is 2. The number of hydrogen-bond acceptors (Lipinski definition) is 3. The zero-order chi connectivity index (χ0) is 17.4. The van der Waals surface area contributed by atoms with Crippen LogP contribution in [0.3, 0.4) is 0 Å². The summed E-state index contributed by atoms with van der Waals surface area (Å²) in [4.78, 5) is 12.9. The number of rotatable bonds is 4. The fourth-order valence-electron chi connectivity index (χ4n) is 4.36. The zero-order valence-corrected chi connectivity index (χ0v) is 16.1. The monoisotopic (exact) mass is 394 g/mol. The molecule has 1 amide bonds. The SMILES string of the molecule is O=C(NC(c1ccccc1)C12CCCC(CN1)C2)c1cc(Cl)sc1Cl. The van der Waals surface area contributed by atoms with E-state index in [9.17, 15) is 4.79 Å². The van der Waals surface area contributed by atoms with Crippen LogP contribution in [0.1, 0.15) is 47.6 Å². The summed E-state index contributed by atoms with van der Waals surface area (Å²) in [5.74, 6) is 0.545. The van der Waals surface area contributed by atoms with E-state index < -0.39 is 0 Å². The van der Waals surface area contributed by atoms with E-state index in [2.05, 4.69) is 22.8 Å². The number of thiophene rings is 1. The maximum atomic E-state index is 12.9. The van der Waals surface area contributed by atoms with Crippen molar-refractivity contribution in [2.45, 2.75) is 37.3 Å². The highest BCUT2D eigenvalue weighted by Crippen LogP contribution is 2.45. The summed E-state index contributed by atoms with van der Waals surface area (Å²) < 4.78 is 0.967. The third-order valence-electron chi connectivity index (χ3n) is 5.49. The molecular formula is C19H20Cl2N2OS. The molecule has 2 aliphatic rings. The zero-order valence-electron chi connectivity index (χ0n) is 13.7. The topological polar surface area (TPSA) is 41.1 Å². The van der Waals surface area contributed by atoms with Crippen LogP contribution in [0.15, 0.2) is 36.4 Å². The highest BCUT2D eigenvalue weighted by Gasteiger charge is 2.48. The second-order valence-electron chi connectivity index (χ2n) is 7.05. The Balaban J connectivity index is 1.67. The van der Waals surface area contributed by atoms with Gasteiger partial charge in [0.1, 0.15) is 4.34 Å². The fourth-order valence-corrected chi connectivity index (χ4v) is 5.82. The van der Waals surface area contributed by atoms with Gasteiger partial charge in [0, 0.05) is 5.54 Å². The first kappa shape index (κ1) is 17.3. The molecule has 2 bridgehead atoms. The third kappa shape index (κ3) is 3.33. The van der Waals surface area contributed by atoms with Crippen LogP contribution in [0, 0.1) is 5.92 Å². The van der Waals surface area contributed by atoms with Gasteiger partial charge in [-0.05, 0) is 43.4 Å². The molecule has 132 valence electrons. The number of nitrogens with one attached hydrogen (secondary N) is 2. The van der Waals surface area contributed by atoms with Crippen molar-refractivity contribution in [3.63, 3.8) is 0 Å². The molecule has 0 spiro atoms. The predicted molar refractivity (Wildman–Crippen MR) is 104 cm³/mol. The Labute approximate surface area is 161 Å². The molecule has 1 aliphatic heterocycles. The van der Waals surface area contributed by atoms with Crippen molar-refractivity contribution in [1.29, 1.82) is 0 Å². The molecule has 2 aromatic rings. The highest BCUT2D eigenvalue weighted by atomic mass is 35.5. The molecule has 3 unspecified atom stereocenters. The van der Waals surface area contributed by atoms with Gasteiger partial charge in [0.15, 0.2) is 0 Å². The molecule has 6 heteroatoms. The molecule has 1 saturated heterocycles. The van der Waals surface area contributed by atoms with Gasteiger partial charge in [-0.1, -0.05) is 60.0 Å². The van der Waals surface area contributed by atoms with Crippen molar-refractivity contribution in [1.82, 2.24) is 10.6 Å². The Morgan fingerprint density at radius 2 is 2.12 bits per heavy atom. The summed E-state index contributed by atoms with van der Waals surface area (Å²) in [7, 11) is 0. The largest absolute Gasteiger partial charge is 0.343 e. The van der Waals surface area contributed by atoms with Crippen LogP contribution in [0.5, 0.6) is 0 Å². The number of fused-ring (bicyclic) bond motifs is 2. The molecule has 3 atom stereocenters. The molecule has 4 rings (SSSR count). The number of carbonyl (C=O) groups is 1. The van der Waals surface area contributed by atoms with E-state index in [0.29, 0.717) is 20.2 Å². The lowest BCUT2D eigenvalue weighted by molar-refractivity contribution is 0.0893. The quantitative estimate of drug-likeness (QED) is 0.760. The van der Waals surface area contributed by atoms with Gasteiger partial charge in [0.25, 0.3) is 5.91 Å². The van der Waals surface area contributed by atoms with Crippen molar-refractivity contribution in [3.05, 3.63) is 56.2 Å². The maximum Gasteiger partial charge on any atom is 0.254 e. The van der Waals surface area contributed by atoms with Crippen LogP contribution >= 0.6 is 34.5 Å². The molecule has 1 aliphatic carbocycles. The third-order valence-corrected chi connectivity index (χ3v) is 6.98. The van der Waals surface area contributed by atoms with Gasteiger partial charge in [0.2, 0.25) is 0 Å². The lowest BCUT2D eigenvalue weighted by atomic mass is 9.73. The van der Waals surface area contributed by atoms with Crippen LogP contribution in [-0.2, 0) is 0 Å². The van der Waals surface area contributed by atoms with Gasteiger partial charge in [-0.25, -0.2) is 0 Å². The summed E-state index contributed by atoms with van der Waals surface area (Å²) in [6.45, 7) is 1.03. The normalized spacial score (nSPS) is 26.4. The Kier molecular flexibility index (Phi) is 4.80. The fraction of sp³-hybridized carbons (Fsp3) is 0.421. The average molecular weight is 395 g/mol. The molecule has 3 nitrogen and oxygen atoms in total. The van der Waals surface area contributed by atoms with E-state index in [1.165, 1.54) is 24.2 Å². The van der Waals surface area contributed by atoms with Gasteiger partial charge in [-0.2, -0.15) is 0 Å². The van der Waals surface area contributed by atoms with E-state index >= 15 is 0 Å². The van der Waals surface area contributed by atoms with E-state index in [1.54, 1.807) is 6.07 Å². The summed E-state index contributed by atoms with van der Waals surface area (Å²) in [6, 6.07) is 11.8. The number of halogens is 2. The van der Waals surface area contributed by atoms with Crippen LogP contribution in [-0.4, -0.2) is 18.0 Å². The average Bonchev–Trinajstić information content (AvgIpc) is 3.12. The molecule has 1 saturated carbocycles. The molecule has 2 N–H and O–H groups in total. The second-order valence-corrected chi connectivity index (χ2v) is 9.34. The lowest BCUT2D eigenvalue weighted by Crippen LogP contribution is -2.52. The van der Waals surface area contributed by atoms with Gasteiger partial charge >= 0.3 is 0 Å². The van der Waals surface area contributed by atoms with E-state index in [1.807, 2.05) is 18.2 Å². The Bertz CT molecular complexity index is 775. The minimum atomic E-state index is -0.160. The second kappa shape index (κ2) is 6.92. The first-order chi connectivity index (χ1) is 12.1. The summed E-state index contributed by atoms with van der Waals surface area (Å²) >= 11 is 13.4. The van der Waals surface area contributed by atoms with Crippen molar-refractivity contribution < 1.29 is 4.79 Å². The standard InChI is InChI=1S/C19H20Cl2N2OS/c20-15-9-14(17(21)25-15)18(24)23-16(13-6-2-1-3-7-13)19-8-4-5-12(10-19)11-22-19/h1-3,6-7,9,12,16,22H,4-5,8,10-11H2,(H,23,24). The number of amides is 1. The minimum absolute atomic E-state index is 0.0772. The van der Waals surface area contributed by atoms with Crippen molar-refractivity contribution >= 4 is 40.4 Å². The van der Waals surface area contributed by atoms with Crippen molar-refractivity contribution in [3.8, 4) is 0 Å². The molecule has 2 fully saturated rings. The van der Waals surface area contributed by atoms with Crippen LogP contribution < -0.4 is 10.6 Å². The van der Waals surface area contributed by atoms with Gasteiger partial charge < -0.3 is 10.6 Å². The molecular weight excluding hydrogens is 375 g/mol. The van der Waals surface area contributed by atoms with Gasteiger partial charge in [0.05, 0.1) is 15.9 Å². The summed E-state index contributed by atoms with van der Waals surface area (Å²) in [6.07, 6.45) is 4.64. The predicted octanol–water partition coefficient (Wildman–Crippen LogP) is 5.06. The molecule has 1 aromatic carbocycles.